The molecule has 0 aromatic heterocycles. The van der Waals surface area contributed by atoms with E-state index in [-0.39, 0.29) is 5.71 Å². The third kappa shape index (κ3) is 2.85. The summed E-state index contributed by atoms with van der Waals surface area (Å²) in [5.41, 5.74) is 3.40. The van der Waals surface area contributed by atoms with Crippen LogP contribution < -0.4 is 5.43 Å². The van der Waals surface area contributed by atoms with Crippen molar-refractivity contribution in [3.8, 4) is 0 Å². The largest absolute Gasteiger partial charge is 0.477 e. The highest BCUT2D eigenvalue weighted by molar-refractivity contribution is 9.10. The van der Waals surface area contributed by atoms with E-state index in [0.717, 1.165) is 10.2 Å². The summed E-state index contributed by atoms with van der Waals surface area (Å²) in [5.74, 6) is -1.04. The summed E-state index contributed by atoms with van der Waals surface area (Å²) in [5, 5.41) is 12.2. The fourth-order valence-corrected chi connectivity index (χ4v) is 1.12. The van der Waals surface area contributed by atoms with Crippen LogP contribution in [0, 0.1) is 0 Å². The van der Waals surface area contributed by atoms with Gasteiger partial charge in [-0.2, -0.15) is 5.10 Å². The molecular weight excluding hydrogens is 248 g/mol. The summed E-state index contributed by atoms with van der Waals surface area (Å²) in [6.07, 6.45) is 0. The van der Waals surface area contributed by atoms with Crippen molar-refractivity contribution in [3.05, 3.63) is 28.7 Å². The van der Waals surface area contributed by atoms with E-state index in [1.807, 2.05) is 18.2 Å². The zero-order valence-corrected chi connectivity index (χ0v) is 9.08. The second-order valence-corrected chi connectivity index (χ2v) is 3.45. The third-order valence-corrected chi connectivity index (χ3v) is 2.22. The van der Waals surface area contributed by atoms with Crippen LogP contribution in [-0.2, 0) is 4.79 Å². The number of halogens is 1. The van der Waals surface area contributed by atoms with Gasteiger partial charge in [0.2, 0.25) is 0 Å². The number of carboxylic acid groups (broad SMARTS) is 1. The maximum atomic E-state index is 10.4. The summed E-state index contributed by atoms with van der Waals surface area (Å²) >= 11 is 3.30. The van der Waals surface area contributed by atoms with Crippen LogP contribution in [0.5, 0.6) is 0 Å². The van der Waals surface area contributed by atoms with Gasteiger partial charge in [-0.15, -0.1) is 0 Å². The first kappa shape index (κ1) is 10.7. The van der Waals surface area contributed by atoms with Gasteiger partial charge in [0, 0.05) is 4.47 Å². The van der Waals surface area contributed by atoms with Crippen molar-refractivity contribution < 1.29 is 9.90 Å². The molecule has 74 valence electrons. The molecule has 0 aliphatic heterocycles. The number of carbonyl (C=O) groups is 1. The Labute approximate surface area is 89.8 Å². The molecule has 14 heavy (non-hydrogen) atoms. The smallest absolute Gasteiger partial charge is 0.351 e. The number of benzene rings is 1. The first-order chi connectivity index (χ1) is 6.61. The summed E-state index contributed by atoms with van der Waals surface area (Å²) in [7, 11) is 0. The molecule has 0 amide bonds. The number of para-hydroxylation sites is 1. The molecule has 0 heterocycles. The molecule has 0 saturated carbocycles. The molecule has 0 bridgehead atoms. The number of anilines is 1. The zero-order valence-electron chi connectivity index (χ0n) is 7.49. The molecule has 0 unspecified atom stereocenters. The van der Waals surface area contributed by atoms with Gasteiger partial charge in [0.1, 0.15) is 5.71 Å². The predicted octanol–water partition coefficient (Wildman–Crippen LogP) is 2.32. The van der Waals surface area contributed by atoms with Crippen molar-refractivity contribution >= 4 is 33.3 Å². The first-order valence-corrected chi connectivity index (χ1v) is 4.68. The number of hydrazone groups is 1. The summed E-state index contributed by atoms with van der Waals surface area (Å²) in [4.78, 5) is 10.4. The van der Waals surface area contributed by atoms with Crippen molar-refractivity contribution in [2.75, 3.05) is 5.43 Å². The van der Waals surface area contributed by atoms with Crippen LogP contribution in [0.1, 0.15) is 6.92 Å². The highest BCUT2D eigenvalue weighted by Gasteiger charge is 2.01. The van der Waals surface area contributed by atoms with Crippen LogP contribution in [0.25, 0.3) is 0 Å². The zero-order chi connectivity index (χ0) is 10.6. The lowest BCUT2D eigenvalue weighted by atomic mass is 10.3. The minimum Gasteiger partial charge on any atom is -0.477 e. The van der Waals surface area contributed by atoms with Crippen LogP contribution in [0.15, 0.2) is 33.8 Å². The van der Waals surface area contributed by atoms with Gasteiger partial charge in [0.25, 0.3) is 0 Å². The quantitative estimate of drug-likeness (QED) is 0.645. The molecule has 0 radical (unpaired) electrons. The van der Waals surface area contributed by atoms with Gasteiger partial charge in [-0.3, -0.25) is 5.43 Å². The number of nitrogens with zero attached hydrogens (tertiary/aromatic N) is 1. The normalized spacial score (nSPS) is 11.1. The van der Waals surface area contributed by atoms with Gasteiger partial charge < -0.3 is 5.11 Å². The molecular formula is C9H9BrN2O2. The number of carboxylic acids is 1. The fourth-order valence-electron chi connectivity index (χ4n) is 0.744. The van der Waals surface area contributed by atoms with E-state index in [4.69, 9.17) is 5.11 Å². The molecule has 0 spiro atoms. The average Bonchev–Trinajstić information content (AvgIpc) is 2.16. The van der Waals surface area contributed by atoms with Crippen molar-refractivity contribution in [2.45, 2.75) is 6.92 Å². The minimum atomic E-state index is -1.04. The summed E-state index contributed by atoms with van der Waals surface area (Å²) in [6, 6.07) is 7.33. The van der Waals surface area contributed by atoms with E-state index in [1.165, 1.54) is 6.92 Å². The lowest BCUT2D eigenvalue weighted by Crippen LogP contribution is -2.10. The van der Waals surface area contributed by atoms with Crippen LogP contribution in [0.4, 0.5) is 5.69 Å². The monoisotopic (exact) mass is 256 g/mol. The maximum absolute atomic E-state index is 10.4. The van der Waals surface area contributed by atoms with Gasteiger partial charge >= 0.3 is 5.97 Å². The highest BCUT2D eigenvalue weighted by atomic mass is 79.9. The number of rotatable bonds is 3. The van der Waals surface area contributed by atoms with E-state index in [0.29, 0.717) is 0 Å². The molecule has 5 heteroatoms. The van der Waals surface area contributed by atoms with E-state index in [2.05, 4.69) is 26.5 Å². The molecule has 0 saturated heterocycles. The third-order valence-electron chi connectivity index (χ3n) is 1.53. The Bertz CT molecular complexity index is 377. The van der Waals surface area contributed by atoms with E-state index in [9.17, 15) is 4.79 Å². The lowest BCUT2D eigenvalue weighted by Gasteiger charge is -2.02. The van der Waals surface area contributed by atoms with Gasteiger partial charge in [-0.05, 0) is 35.0 Å². The van der Waals surface area contributed by atoms with Crippen LogP contribution in [0.2, 0.25) is 0 Å². The number of hydrogen-bond donors (Lipinski definition) is 2. The summed E-state index contributed by atoms with van der Waals surface area (Å²) < 4.78 is 0.835. The fraction of sp³-hybridized carbons (Fsp3) is 0.111. The molecule has 0 atom stereocenters. The number of hydrogen-bond acceptors (Lipinski definition) is 3. The Morgan fingerprint density at radius 3 is 2.71 bits per heavy atom. The van der Waals surface area contributed by atoms with Crippen LogP contribution >= 0.6 is 15.9 Å². The van der Waals surface area contributed by atoms with Crippen molar-refractivity contribution in [1.82, 2.24) is 0 Å². The average molecular weight is 257 g/mol. The van der Waals surface area contributed by atoms with E-state index < -0.39 is 5.97 Å². The van der Waals surface area contributed by atoms with Crippen LogP contribution in [0.3, 0.4) is 0 Å². The molecule has 4 nitrogen and oxygen atoms in total. The lowest BCUT2D eigenvalue weighted by molar-refractivity contribution is -0.129. The SMILES string of the molecule is CC(=NNc1ccccc1Br)C(=O)O. The van der Waals surface area contributed by atoms with Crippen molar-refractivity contribution in [1.29, 1.82) is 0 Å². The van der Waals surface area contributed by atoms with Gasteiger partial charge in [-0.1, -0.05) is 12.1 Å². The topological polar surface area (TPSA) is 61.7 Å². The number of aliphatic carboxylic acids is 1. The van der Waals surface area contributed by atoms with Crippen molar-refractivity contribution in [3.63, 3.8) is 0 Å². The second kappa shape index (κ2) is 4.76. The Morgan fingerprint density at radius 2 is 2.14 bits per heavy atom. The Morgan fingerprint density at radius 1 is 1.50 bits per heavy atom. The first-order valence-electron chi connectivity index (χ1n) is 3.89. The highest BCUT2D eigenvalue weighted by Crippen LogP contribution is 2.20. The molecule has 1 rings (SSSR count). The Hall–Kier alpha value is -1.36. The van der Waals surface area contributed by atoms with Gasteiger partial charge in [-0.25, -0.2) is 4.79 Å². The molecule has 1 aromatic carbocycles. The summed E-state index contributed by atoms with van der Waals surface area (Å²) in [6.45, 7) is 1.42. The molecule has 0 fully saturated rings. The van der Waals surface area contributed by atoms with Gasteiger partial charge in [0.15, 0.2) is 0 Å². The molecule has 2 N–H and O–H groups in total. The van der Waals surface area contributed by atoms with E-state index in [1.54, 1.807) is 6.07 Å². The predicted molar refractivity (Wildman–Crippen MR) is 58.5 cm³/mol. The van der Waals surface area contributed by atoms with E-state index >= 15 is 0 Å². The number of nitrogens with one attached hydrogen (secondary N) is 1. The minimum absolute atomic E-state index is 0.0146. The Balaban J connectivity index is 2.76. The second-order valence-electron chi connectivity index (χ2n) is 2.59. The van der Waals surface area contributed by atoms with Crippen molar-refractivity contribution in [2.24, 2.45) is 5.10 Å². The molecule has 0 aliphatic carbocycles. The molecule has 1 aromatic rings. The maximum Gasteiger partial charge on any atom is 0.351 e. The standard InChI is InChI=1S/C9H9BrN2O2/c1-6(9(13)14)11-12-8-5-3-2-4-7(8)10/h2-5,12H,1H3,(H,13,14). The Kier molecular flexibility index (Phi) is 3.64. The molecule has 0 aliphatic rings. The van der Waals surface area contributed by atoms with Crippen LogP contribution in [-0.4, -0.2) is 16.8 Å². The van der Waals surface area contributed by atoms with Gasteiger partial charge in [0.05, 0.1) is 5.69 Å².